The minimum absolute atomic E-state index is 0.0680. The number of nitrogens with one attached hydrogen (secondary N) is 1. The first-order valence-electron chi connectivity index (χ1n) is 8.70. The zero-order chi connectivity index (χ0) is 17.5. The topological polar surface area (TPSA) is 75.7 Å². The summed E-state index contributed by atoms with van der Waals surface area (Å²) in [5.41, 5.74) is 0. The summed E-state index contributed by atoms with van der Waals surface area (Å²) in [5.74, 6) is 0.255. The fourth-order valence-electron chi connectivity index (χ4n) is 2.81. The molecule has 0 aromatic rings. The molecule has 0 amide bonds. The lowest BCUT2D eigenvalue weighted by Gasteiger charge is -2.31. The highest BCUT2D eigenvalue weighted by Crippen LogP contribution is 2.21. The zero-order valence-electron chi connectivity index (χ0n) is 14.9. The van der Waals surface area contributed by atoms with Crippen molar-refractivity contribution in [1.82, 2.24) is 9.03 Å². The molecule has 1 heterocycles. The van der Waals surface area contributed by atoms with E-state index in [2.05, 4.69) is 18.6 Å². The van der Waals surface area contributed by atoms with Gasteiger partial charge in [0.15, 0.2) is 0 Å². The second-order valence-electron chi connectivity index (χ2n) is 6.77. The molecule has 0 spiro atoms. The van der Waals surface area contributed by atoms with E-state index in [9.17, 15) is 13.2 Å². The highest BCUT2D eigenvalue weighted by Gasteiger charge is 2.32. The van der Waals surface area contributed by atoms with Crippen molar-refractivity contribution in [2.45, 2.75) is 65.8 Å². The van der Waals surface area contributed by atoms with Crippen LogP contribution in [0, 0.1) is 11.8 Å². The van der Waals surface area contributed by atoms with Crippen molar-refractivity contribution in [3.05, 3.63) is 0 Å². The Morgan fingerprint density at radius 1 is 1.22 bits per heavy atom. The average molecular weight is 349 g/mol. The van der Waals surface area contributed by atoms with Crippen LogP contribution in [0.25, 0.3) is 0 Å². The highest BCUT2D eigenvalue weighted by molar-refractivity contribution is 7.87. The number of carbonyl (C=O) groups excluding carboxylic acids is 1. The van der Waals surface area contributed by atoms with Gasteiger partial charge in [-0.25, -0.2) is 0 Å². The Bertz CT molecular complexity index is 457. The Kier molecular flexibility index (Phi) is 8.50. The maximum absolute atomic E-state index is 12.4. The zero-order valence-corrected chi connectivity index (χ0v) is 15.7. The third kappa shape index (κ3) is 7.18. The third-order valence-electron chi connectivity index (χ3n) is 4.18. The molecule has 6 nitrogen and oxygen atoms in total. The van der Waals surface area contributed by atoms with Crippen molar-refractivity contribution in [3.8, 4) is 0 Å². The first-order valence-corrected chi connectivity index (χ1v) is 10.1. The van der Waals surface area contributed by atoms with E-state index in [0.29, 0.717) is 38.5 Å². The number of rotatable bonds is 9. The molecule has 1 saturated heterocycles. The van der Waals surface area contributed by atoms with Crippen molar-refractivity contribution in [2.24, 2.45) is 11.8 Å². The maximum Gasteiger partial charge on any atom is 0.309 e. The summed E-state index contributed by atoms with van der Waals surface area (Å²) in [6, 6.07) is -0.0680. The first kappa shape index (κ1) is 20.4. The Hall–Kier alpha value is -0.660. The van der Waals surface area contributed by atoms with Crippen molar-refractivity contribution < 1.29 is 17.9 Å². The monoisotopic (exact) mass is 348 g/mol. The molecule has 0 aliphatic carbocycles. The van der Waals surface area contributed by atoms with Crippen LogP contribution in [0.3, 0.4) is 0 Å². The van der Waals surface area contributed by atoms with E-state index in [-0.39, 0.29) is 17.9 Å². The van der Waals surface area contributed by atoms with Gasteiger partial charge in [0.2, 0.25) is 0 Å². The molecule has 1 aliphatic heterocycles. The summed E-state index contributed by atoms with van der Waals surface area (Å²) in [4.78, 5) is 11.7. The molecule has 7 heteroatoms. The van der Waals surface area contributed by atoms with Gasteiger partial charge < -0.3 is 4.74 Å². The lowest BCUT2D eigenvalue weighted by molar-refractivity contribution is -0.149. The van der Waals surface area contributed by atoms with Crippen LogP contribution in [0.1, 0.15) is 59.8 Å². The van der Waals surface area contributed by atoms with Crippen LogP contribution in [-0.4, -0.2) is 44.4 Å². The van der Waals surface area contributed by atoms with Crippen molar-refractivity contribution in [1.29, 1.82) is 0 Å². The molecule has 0 saturated carbocycles. The summed E-state index contributed by atoms with van der Waals surface area (Å²) in [7, 11) is -3.46. The molecule has 0 bridgehead atoms. The molecule has 0 radical (unpaired) electrons. The van der Waals surface area contributed by atoms with Gasteiger partial charge in [0.1, 0.15) is 0 Å². The molecular weight excluding hydrogens is 316 g/mol. The summed E-state index contributed by atoms with van der Waals surface area (Å²) >= 11 is 0. The van der Waals surface area contributed by atoms with E-state index in [1.54, 1.807) is 6.92 Å². The lowest BCUT2D eigenvalue weighted by Crippen LogP contribution is -2.48. The Labute approximate surface area is 141 Å². The standard InChI is InChI=1S/C16H32N2O4S/c1-5-22-16(19)15-9-11-18(12-10-15)23(20,21)17-14(4)8-6-7-13(2)3/h13-15,17H,5-12H2,1-4H3. The van der Waals surface area contributed by atoms with Crippen LogP contribution in [0.4, 0.5) is 0 Å². The molecule has 1 N–H and O–H groups in total. The minimum atomic E-state index is -3.46. The molecule has 1 atom stereocenters. The average Bonchev–Trinajstić information content (AvgIpc) is 2.46. The van der Waals surface area contributed by atoms with Crippen LogP contribution < -0.4 is 4.72 Å². The van der Waals surface area contributed by atoms with Crippen LogP contribution in [0.5, 0.6) is 0 Å². The van der Waals surface area contributed by atoms with Gasteiger partial charge in [-0.1, -0.05) is 26.7 Å². The second kappa shape index (κ2) is 9.59. The van der Waals surface area contributed by atoms with Gasteiger partial charge in [-0.15, -0.1) is 0 Å². The summed E-state index contributed by atoms with van der Waals surface area (Å²) in [6.07, 6.45) is 4.03. The lowest BCUT2D eigenvalue weighted by atomic mass is 9.98. The normalized spacial score (nSPS) is 19.0. The number of nitrogens with zero attached hydrogens (tertiary/aromatic N) is 1. The highest BCUT2D eigenvalue weighted by atomic mass is 32.2. The van der Waals surface area contributed by atoms with E-state index >= 15 is 0 Å². The Morgan fingerprint density at radius 3 is 2.35 bits per heavy atom. The number of hydrogen-bond acceptors (Lipinski definition) is 4. The summed E-state index contributed by atoms with van der Waals surface area (Å²) in [5, 5.41) is 0. The van der Waals surface area contributed by atoms with Crippen LogP contribution >= 0.6 is 0 Å². The van der Waals surface area contributed by atoms with Crippen LogP contribution in [0.2, 0.25) is 0 Å². The van der Waals surface area contributed by atoms with E-state index < -0.39 is 10.2 Å². The molecular formula is C16H32N2O4S. The predicted molar refractivity (Wildman–Crippen MR) is 91.1 cm³/mol. The molecule has 1 rings (SSSR count). The largest absolute Gasteiger partial charge is 0.466 e. The number of ether oxygens (including phenoxy) is 1. The number of hydrogen-bond donors (Lipinski definition) is 1. The van der Waals surface area contributed by atoms with Gasteiger partial charge in [0.05, 0.1) is 12.5 Å². The number of carbonyl (C=O) groups is 1. The molecule has 1 fully saturated rings. The summed E-state index contributed by atoms with van der Waals surface area (Å²) < 4.78 is 34.0. The smallest absolute Gasteiger partial charge is 0.309 e. The third-order valence-corrected chi connectivity index (χ3v) is 5.93. The van der Waals surface area contributed by atoms with E-state index in [1.165, 1.54) is 4.31 Å². The van der Waals surface area contributed by atoms with Crippen molar-refractivity contribution in [3.63, 3.8) is 0 Å². The minimum Gasteiger partial charge on any atom is -0.466 e. The first-order chi connectivity index (χ1) is 10.8. The number of piperidine rings is 1. The van der Waals surface area contributed by atoms with Gasteiger partial charge in [0, 0.05) is 19.1 Å². The van der Waals surface area contributed by atoms with E-state index in [1.807, 2.05) is 6.92 Å². The van der Waals surface area contributed by atoms with Gasteiger partial charge in [0.25, 0.3) is 10.2 Å². The maximum atomic E-state index is 12.4. The molecule has 23 heavy (non-hydrogen) atoms. The van der Waals surface area contributed by atoms with Crippen molar-refractivity contribution >= 4 is 16.2 Å². The molecule has 136 valence electrons. The van der Waals surface area contributed by atoms with Gasteiger partial charge in [-0.05, 0) is 39.0 Å². The van der Waals surface area contributed by atoms with Gasteiger partial charge >= 0.3 is 5.97 Å². The molecule has 1 unspecified atom stereocenters. The SMILES string of the molecule is CCOC(=O)C1CCN(S(=O)(=O)NC(C)CCCC(C)C)CC1. The second-order valence-corrected chi connectivity index (χ2v) is 8.48. The molecule has 1 aliphatic rings. The van der Waals surface area contributed by atoms with Gasteiger partial charge in [-0.3, -0.25) is 4.79 Å². The van der Waals surface area contributed by atoms with Crippen LogP contribution in [-0.2, 0) is 19.7 Å². The predicted octanol–water partition coefficient (Wildman–Crippen LogP) is 2.31. The molecule has 0 aromatic heterocycles. The van der Waals surface area contributed by atoms with Crippen molar-refractivity contribution in [2.75, 3.05) is 19.7 Å². The fourth-order valence-corrected chi connectivity index (χ4v) is 4.28. The summed E-state index contributed by atoms with van der Waals surface area (Å²) in [6.45, 7) is 9.14. The quantitative estimate of drug-likeness (QED) is 0.649. The van der Waals surface area contributed by atoms with Gasteiger partial charge in [-0.2, -0.15) is 17.4 Å². The Morgan fingerprint density at radius 2 is 1.83 bits per heavy atom. The van der Waals surface area contributed by atoms with E-state index in [4.69, 9.17) is 4.74 Å². The molecule has 0 aromatic carbocycles. The Balaban J connectivity index is 2.41. The number of esters is 1. The fraction of sp³-hybridized carbons (Fsp3) is 0.938. The van der Waals surface area contributed by atoms with E-state index in [0.717, 1.165) is 19.3 Å². The van der Waals surface area contributed by atoms with Crippen LogP contribution in [0.15, 0.2) is 0 Å².